The highest BCUT2D eigenvalue weighted by Crippen LogP contribution is 2.38. The number of fused-ring (bicyclic) bond motifs is 1. The number of thiophene rings is 1. The van der Waals surface area contributed by atoms with E-state index in [9.17, 15) is 5.11 Å². The third-order valence-corrected chi connectivity index (χ3v) is 5.24. The van der Waals surface area contributed by atoms with Gasteiger partial charge in [0.05, 0.1) is 12.6 Å². The van der Waals surface area contributed by atoms with Crippen LogP contribution in [-0.2, 0) is 6.54 Å². The average molecular weight is 276 g/mol. The van der Waals surface area contributed by atoms with Crippen LogP contribution < -0.4 is 5.73 Å². The van der Waals surface area contributed by atoms with Crippen molar-refractivity contribution >= 4 is 11.3 Å². The molecule has 1 aliphatic carbocycles. The molecule has 1 saturated carbocycles. The summed E-state index contributed by atoms with van der Waals surface area (Å²) < 4.78 is 0. The molecule has 0 amide bonds. The monoisotopic (exact) mass is 276 g/mol. The van der Waals surface area contributed by atoms with E-state index >= 15 is 0 Å². The van der Waals surface area contributed by atoms with Gasteiger partial charge in [-0.2, -0.15) is 0 Å². The van der Waals surface area contributed by atoms with Crippen molar-refractivity contribution in [1.82, 2.24) is 4.90 Å². The molecule has 3 unspecified atom stereocenters. The molecule has 4 heteroatoms. The van der Waals surface area contributed by atoms with E-state index in [1.165, 1.54) is 11.3 Å². The van der Waals surface area contributed by atoms with Crippen molar-refractivity contribution in [3.63, 3.8) is 0 Å². The quantitative estimate of drug-likeness (QED) is 0.800. The van der Waals surface area contributed by atoms with E-state index in [1.54, 1.807) is 11.3 Å². The molecule has 19 heavy (non-hydrogen) atoms. The molecule has 1 aromatic rings. The Morgan fingerprint density at radius 3 is 3.11 bits per heavy atom. The van der Waals surface area contributed by atoms with Gasteiger partial charge in [-0.05, 0) is 30.2 Å². The van der Waals surface area contributed by atoms with Crippen molar-refractivity contribution in [1.29, 1.82) is 0 Å². The summed E-state index contributed by atoms with van der Waals surface area (Å²) in [6.45, 7) is 3.54. The number of nitrogens with zero attached hydrogens (tertiary/aromatic N) is 1. The maximum Gasteiger partial charge on any atom is 0.0583 e. The summed E-state index contributed by atoms with van der Waals surface area (Å²) >= 11 is 1.77. The third-order valence-electron chi connectivity index (χ3n) is 4.33. The molecule has 1 aliphatic heterocycles. The summed E-state index contributed by atoms with van der Waals surface area (Å²) in [5.41, 5.74) is 6.55. The summed E-state index contributed by atoms with van der Waals surface area (Å²) in [6, 6.07) is 2.08. The second-order valence-corrected chi connectivity index (χ2v) is 6.53. The molecule has 102 valence electrons. The number of hydrogen-bond acceptors (Lipinski definition) is 4. The van der Waals surface area contributed by atoms with Gasteiger partial charge in [0.25, 0.3) is 0 Å². The molecule has 3 rings (SSSR count). The fourth-order valence-corrected chi connectivity index (χ4v) is 4.25. The van der Waals surface area contributed by atoms with Gasteiger partial charge in [-0.3, -0.25) is 4.90 Å². The Hall–Kier alpha value is -0.860. The molecule has 1 saturated heterocycles. The first-order valence-corrected chi connectivity index (χ1v) is 7.81. The Morgan fingerprint density at radius 2 is 2.32 bits per heavy atom. The largest absolute Gasteiger partial charge is 0.393 e. The summed E-state index contributed by atoms with van der Waals surface area (Å²) in [4.78, 5) is 3.80. The van der Waals surface area contributed by atoms with Crippen molar-refractivity contribution in [2.24, 2.45) is 17.6 Å². The van der Waals surface area contributed by atoms with Crippen LogP contribution in [0.1, 0.15) is 23.3 Å². The fraction of sp³-hybridized carbons (Fsp3) is 0.600. The lowest BCUT2D eigenvalue weighted by molar-refractivity contribution is 0.123. The van der Waals surface area contributed by atoms with Gasteiger partial charge in [-0.1, -0.05) is 11.8 Å². The fourth-order valence-electron chi connectivity index (χ4n) is 3.38. The van der Waals surface area contributed by atoms with Crippen molar-refractivity contribution < 1.29 is 5.11 Å². The Kier molecular flexibility index (Phi) is 3.90. The molecule has 2 aliphatic rings. The Bertz CT molecular complexity index is 502. The Morgan fingerprint density at radius 1 is 1.42 bits per heavy atom. The predicted molar refractivity (Wildman–Crippen MR) is 77.7 cm³/mol. The zero-order chi connectivity index (χ0) is 13.2. The second kappa shape index (κ2) is 5.64. The molecule has 3 N–H and O–H groups in total. The van der Waals surface area contributed by atoms with Gasteiger partial charge < -0.3 is 10.8 Å². The second-order valence-electron chi connectivity index (χ2n) is 5.53. The first kappa shape index (κ1) is 13.1. The molecular formula is C15H20N2OS. The minimum atomic E-state index is -0.0742. The highest BCUT2D eigenvalue weighted by atomic mass is 32.1. The van der Waals surface area contributed by atoms with Crippen LogP contribution in [0.3, 0.4) is 0 Å². The van der Waals surface area contributed by atoms with Gasteiger partial charge in [0.1, 0.15) is 0 Å². The number of aliphatic hydroxyl groups excluding tert-OH is 1. The number of nitrogens with two attached hydrogens (primary N) is 1. The molecule has 0 bridgehead atoms. The first-order chi connectivity index (χ1) is 9.28. The van der Waals surface area contributed by atoms with Gasteiger partial charge in [0.2, 0.25) is 0 Å². The topological polar surface area (TPSA) is 49.5 Å². The molecule has 3 nitrogen and oxygen atoms in total. The Balaban J connectivity index is 1.65. The van der Waals surface area contributed by atoms with E-state index in [0.29, 0.717) is 18.4 Å². The predicted octanol–water partition coefficient (Wildman–Crippen LogP) is 1.26. The molecule has 3 atom stereocenters. The van der Waals surface area contributed by atoms with Crippen molar-refractivity contribution in [2.75, 3.05) is 19.6 Å². The molecule has 2 heterocycles. The van der Waals surface area contributed by atoms with Crippen LogP contribution in [-0.4, -0.2) is 35.7 Å². The molecular weight excluding hydrogens is 256 g/mol. The zero-order valence-electron chi connectivity index (χ0n) is 11.0. The van der Waals surface area contributed by atoms with Crippen molar-refractivity contribution in [3.05, 3.63) is 21.9 Å². The first-order valence-electron chi connectivity index (χ1n) is 6.93. The summed E-state index contributed by atoms with van der Waals surface area (Å²) in [7, 11) is 0. The molecule has 1 aromatic heterocycles. The number of aliphatic hydroxyl groups is 1. The minimum Gasteiger partial charge on any atom is -0.393 e. The normalized spacial score (nSPS) is 30.1. The van der Waals surface area contributed by atoms with Crippen LogP contribution in [0.25, 0.3) is 0 Å². The Labute approximate surface area is 118 Å². The number of likely N-dealkylation sites (tertiary alicyclic amines) is 1. The maximum atomic E-state index is 9.95. The summed E-state index contributed by atoms with van der Waals surface area (Å²) in [5.74, 6) is 7.28. The summed E-state index contributed by atoms with van der Waals surface area (Å²) in [6.07, 6.45) is 2.11. The third kappa shape index (κ3) is 2.70. The molecule has 0 spiro atoms. The van der Waals surface area contributed by atoms with E-state index in [1.807, 2.05) is 0 Å². The standard InChI is InChI=1S/C15H20N2OS/c16-6-1-2-11-5-7-19-15(11)10-17-8-12-3-4-14(18)13(12)9-17/h5,7,12-14,18H,3-4,6,8-10,16H2. The highest BCUT2D eigenvalue weighted by molar-refractivity contribution is 7.10. The van der Waals surface area contributed by atoms with E-state index < -0.39 is 0 Å². The van der Waals surface area contributed by atoms with Crippen LogP contribution in [0.5, 0.6) is 0 Å². The van der Waals surface area contributed by atoms with Crippen LogP contribution >= 0.6 is 11.3 Å². The van der Waals surface area contributed by atoms with Crippen LogP contribution in [0.15, 0.2) is 11.4 Å². The number of hydrogen-bond donors (Lipinski definition) is 2. The van der Waals surface area contributed by atoms with E-state index in [0.717, 1.165) is 31.6 Å². The zero-order valence-corrected chi connectivity index (χ0v) is 11.8. The lowest BCUT2D eigenvalue weighted by Crippen LogP contribution is -2.24. The SMILES string of the molecule is NCC#Cc1ccsc1CN1CC2CCC(O)C2C1. The minimum absolute atomic E-state index is 0.0742. The lowest BCUT2D eigenvalue weighted by Gasteiger charge is -2.17. The van der Waals surface area contributed by atoms with Crippen LogP contribution in [0, 0.1) is 23.7 Å². The van der Waals surface area contributed by atoms with Crippen LogP contribution in [0.4, 0.5) is 0 Å². The van der Waals surface area contributed by atoms with E-state index in [-0.39, 0.29) is 6.10 Å². The van der Waals surface area contributed by atoms with Crippen molar-refractivity contribution in [3.8, 4) is 11.8 Å². The lowest BCUT2D eigenvalue weighted by atomic mass is 10.00. The summed E-state index contributed by atoms with van der Waals surface area (Å²) in [5, 5.41) is 12.1. The molecule has 0 radical (unpaired) electrons. The molecule has 0 aromatic carbocycles. The average Bonchev–Trinajstić information content (AvgIpc) is 3.07. The van der Waals surface area contributed by atoms with Gasteiger partial charge in [0.15, 0.2) is 0 Å². The highest BCUT2D eigenvalue weighted by Gasteiger charge is 2.41. The van der Waals surface area contributed by atoms with E-state index in [4.69, 9.17) is 5.73 Å². The number of rotatable bonds is 2. The smallest absolute Gasteiger partial charge is 0.0583 e. The van der Waals surface area contributed by atoms with Gasteiger partial charge in [-0.25, -0.2) is 0 Å². The van der Waals surface area contributed by atoms with Gasteiger partial charge >= 0.3 is 0 Å². The van der Waals surface area contributed by atoms with Gasteiger partial charge in [0, 0.05) is 36.0 Å². The van der Waals surface area contributed by atoms with E-state index in [2.05, 4.69) is 28.2 Å². The maximum absolute atomic E-state index is 9.95. The molecule has 2 fully saturated rings. The van der Waals surface area contributed by atoms with Crippen LogP contribution in [0.2, 0.25) is 0 Å². The van der Waals surface area contributed by atoms with Crippen molar-refractivity contribution in [2.45, 2.75) is 25.5 Å². The van der Waals surface area contributed by atoms with Gasteiger partial charge in [-0.15, -0.1) is 11.3 Å².